The molecule has 0 spiro atoms. The molecule has 11 nitrogen and oxygen atoms in total. The Morgan fingerprint density at radius 1 is 0.944 bits per heavy atom. The molecule has 3 aromatic carbocycles. The van der Waals surface area contributed by atoms with Gasteiger partial charge in [0.2, 0.25) is 11.2 Å². The van der Waals surface area contributed by atoms with Gasteiger partial charge in [0.05, 0.1) is 17.4 Å². The minimum absolute atomic E-state index is 0.0835. The number of amides is 2. The van der Waals surface area contributed by atoms with E-state index in [1.807, 2.05) is 0 Å². The molecule has 0 saturated heterocycles. The Balaban J connectivity index is 1.67. The minimum atomic E-state index is -5.00. The molecular formula is C36H30F6N2O9S. The summed E-state index contributed by atoms with van der Waals surface area (Å²) in [5, 5.41) is 13.7. The van der Waals surface area contributed by atoms with Crippen molar-refractivity contribution in [1.82, 2.24) is 4.90 Å². The molecule has 2 atom stereocenters. The Kier molecular flexibility index (Phi) is 12.4. The van der Waals surface area contributed by atoms with Crippen LogP contribution < -0.4 is 10.1 Å². The lowest BCUT2D eigenvalue weighted by Crippen LogP contribution is -2.49. The molecule has 286 valence electrons. The summed E-state index contributed by atoms with van der Waals surface area (Å²) >= 11 is 0.828. The number of carboxylic acid groups (broad SMARTS) is 1. The third kappa shape index (κ3) is 8.48. The van der Waals surface area contributed by atoms with Crippen molar-refractivity contribution < 1.29 is 69.6 Å². The van der Waals surface area contributed by atoms with Crippen molar-refractivity contribution in [2.24, 2.45) is 0 Å². The third-order valence-corrected chi connectivity index (χ3v) is 8.96. The molecule has 54 heavy (non-hydrogen) atoms. The van der Waals surface area contributed by atoms with Crippen molar-refractivity contribution >= 4 is 46.9 Å². The smallest absolute Gasteiger partial charge is 0.480 e. The number of rotatable bonds is 12. The number of hydrogen-bond acceptors (Lipinski definition) is 9. The average Bonchev–Trinajstić information content (AvgIpc) is 3.64. The van der Waals surface area contributed by atoms with Crippen molar-refractivity contribution in [2.75, 3.05) is 26.0 Å². The van der Waals surface area contributed by atoms with E-state index in [9.17, 15) is 46.6 Å². The SMILES string of the molecule is CCC(C)OC(=O)C(COC(=O)Oc1c(F)cc(NC(=O)c2ccccc2-c2ccc(C(F)(F)F)c(F)c2)c(C(=O)N(C)C)c1F)(C(=O)O)c1cccs1. The molecule has 0 radical (unpaired) electrons. The second kappa shape index (κ2) is 16.4. The van der Waals surface area contributed by atoms with Crippen LogP contribution in [-0.2, 0) is 30.7 Å². The predicted octanol–water partition coefficient (Wildman–Crippen LogP) is 7.69. The van der Waals surface area contributed by atoms with Gasteiger partial charge in [0.1, 0.15) is 18.0 Å². The van der Waals surface area contributed by atoms with Crippen LogP contribution in [0.15, 0.2) is 66.0 Å². The van der Waals surface area contributed by atoms with E-state index in [2.05, 4.69) is 5.32 Å². The van der Waals surface area contributed by atoms with E-state index in [1.54, 1.807) is 6.92 Å². The summed E-state index contributed by atoms with van der Waals surface area (Å²) in [5.74, 6) is -12.0. The Bertz CT molecular complexity index is 2090. The number of nitrogens with zero attached hydrogens (tertiary/aromatic N) is 1. The standard InChI is InChI=1S/C36H30F6N2O9S/c1-5-18(2)52-33(49)35(32(47)48,26-11-8-14-54-26)17-51-34(50)53-29-24(38)16-25(27(28(29)39)31(46)44(3)4)43-30(45)21-10-7-6-9-20(21)19-12-13-22(23(37)15-19)36(40,41)42/h6-16,18H,5,17H2,1-4H3,(H,43,45)(H,47,48). The zero-order valence-corrected chi connectivity index (χ0v) is 29.5. The number of hydrogen-bond donors (Lipinski definition) is 2. The van der Waals surface area contributed by atoms with Crippen molar-refractivity contribution in [3.8, 4) is 16.9 Å². The van der Waals surface area contributed by atoms with Gasteiger partial charge in [-0.1, -0.05) is 37.3 Å². The maximum absolute atomic E-state index is 16.0. The van der Waals surface area contributed by atoms with Crippen LogP contribution in [0.3, 0.4) is 0 Å². The van der Waals surface area contributed by atoms with Crippen molar-refractivity contribution in [3.05, 3.63) is 105 Å². The van der Waals surface area contributed by atoms with Crippen LogP contribution in [0.4, 0.5) is 36.8 Å². The molecule has 0 aliphatic carbocycles. The number of carbonyl (C=O) groups excluding carboxylic acids is 4. The van der Waals surface area contributed by atoms with Gasteiger partial charge in [-0.05, 0) is 54.1 Å². The van der Waals surface area contributed by atoms with Crippen LogP contribution in [0, 0.1) is 17.5 Å². The van der Waals surface area contributed by atoms with E-state index in [4.69, 9.17) is 14.2 Å². The predicted molar refractivity (Wildman–Crippen MR) is 181 cm³/mol. The van der Waals surface area contributed by atoms with Gasteiger partial charge in [0.15, 0.2) is 11.6 Å². The molecular weight excluding hydrogens is 750 g/mol. The number of aliphatic carboxylic acids is 1. The van der Waals surface area contributed by atoms with Gasteiger partial charge in [0.25, 0.3) is 11.8 Å². The maximum Gasteiger partial charge on any atom is 0.514 e. The number of carboxylic acids is 1. The Morgan fingerprint density at radius 3 is 2.20 bits per heavy atom. The van der Waals surface area contributed by atoms with Gasteiger partial charge in [0, 0.05) is 30.6 Å². The van der Waals surface area contributed by atoms with Gasteiger partial charge in [-0.3, -0.25) is 19.2 Å². The monoisotopic (exact) mass is 780 g/mol. The van der Waals surface area contributed by atoms with E-state index >= 15 is 8.78 Å². The lowest BCUT2D eigenvalue weighted by atomic mass is 9.87. The van der Waals surface area contributed by atoms with Crippen LogP contribution in [0.5, 0.6) is 5.75 Å². The first-order valence-corrected chi connectivity index (χ1v) is 16.6. The first-order chi connectivity index (χ1) is 25.3. The Labute approximate surface area is 307 Å². The lowest BCUT2D eigenvalue weighted by molar-refractivity contribution is -0.167. The Hall–Kier alpha value is -5.91. The summed E-state index contributed by atoms with van der Waals surface area (Å²) in [6, 6.07) is 10.3. The summed E-state index contributed by atoms with van der Waals surface area (Å²) < 4.78 is 100. The number of alkyl halides is 3. The zero-order chi connectivity index (χ0) is 40.1. The number of nitrogens with one attached hydrogen (secondary N) is 1. The molecule has 0 aliphatic heterocycles. The maximum atomic E-state index is 16.0. The van der Waals surface area contributed by atoms with Crippen molar-refractivity contribution in [2.45, 2.75) is 38.0 Å². The summed E-state index contributed by atoms with van der Waals surface area (Å²) in [4.78, 5) is 65.8. The average molecular weight is 781 g/mol. The van der Waals surface area contributed by atoms with Crippen LogP contribution in [0.25, 0.3) is 11.1 Å². The molecule has 4 aromatic rings. The molecule has 4 rings (SSSR count). The number of halogens is 6. The number of ether oxygens (including phenoxy) is 3. The minimum Gasteiger partial charge on any atom is -0.480 e. The van der Waals surface area contributed by atoms with Crippen LogP contribution in [-0.4, -0.2) is 66.7 Å². The second-order valence-corrected chi connectivity index (χ2v) is 12.7. The van der Waals surface area contributed by atoms with Crippen molar-refractivity contribution in [1.29, 1.82) is 0 Å². The van der Waals surface area contributed by atoms with E-state index in [1.165, 1.54) is 62.8 Å². The zero-order valence-electron chi connectivity index (χ0n) is 28.7. The number of carbonyl (C=O) groups is 5. The van der Waals surface area contributed by atoms with E-state index in [0.29, 0.717) is 24.6 Å². The van der Waals surface area contributed by atoms with Gasteiger partial charge in [-0.15, -0.1) is 11.3 Å². The summed E-state index contributed by atoms with van der Waals surface area (Å²) in [6.07, 6.45) is -7.31. The van der Waals surface area contributed by atoms with Gasteiger partial charge in [-0.25, -0.2) is 18.0 Å². The first kappa shape index (κ1) is 40.9. The molecule has 0 bridgehead atoms. The fourth-order valence-corrected chi connectivity index (χ4v) is 5.81. The number of benzene rings is 3. The summed E-state index contributed by atoms with van der Waals surface area (Å²) in [6.45, 7) is 1.93. The van der Waals surface area contributed by atoms with Gasteiger partial charge < -0.3 is 29.5 Å². The highest BCUT2D eigenvalue weighted by Gasteiger charge is 2.53. The molecule has 0 fully saturated rings. The highest BCUT2D eigenvalue weighted by Crippen LogP contribution is 2.37. The van der Waals surface area contributed by atoms with Crippen LogP contribution in [0.1, 0.15) is 51.4 Å². The van der Waals surface area contributed by atoms with E-state index < -0.39 is 94.2 Å². The first-order valence-electron chi connectivity index (χ1n) is 15.7. The molecule has 0 aliphatic rings. The molecule has 1 aromatic heterocycles. The number of esters is 1. The van der Waals surface area contributed by atoms with Gasteiger partial charge in [-0.2, -0.15) is 13.2 Å². The van der Waals surface area contributed by atoms with E-state index in [-0.39, 0.29) is 21.6 Å². The number of anilines is 1. The highest BCUT2D eigenvalue weighted by atomic mass is 32.1. The number of thiophene rings is 1. The molecule has 2 unspecified atom stereocenters. The fraction of sp³-hybridized carbons (Fsp3) is 0.250. The van der Waals surface area contributed by atoms with E-state index in [0.717, 1.165) is 22.3 Å². The Morgan fingerprint density at radius 2 is 1.63 bits per heavy atom. The quantitative estimate of drug-likeness (QED) is 0.0639. The van der Waals surface area contributed by atoms with Crippen molar-refractivity contribution in [3.63, 3.8) is 0 Å². The topological polar surface area (TPSA) is 149 Å². The lowest BCUT2D eigenvalue weighted by Gasteiger charge is -2.27. The second-order valence-electron chi connectivity index (χ2n) is 11.8. The fourth-order valence-electron chi connectivity index (χ4n) is 4.91. The molecule has 2 amide bonds. The largest absolute Gasteiger partial charge is 0.514 e. The molecule has 0 saturated carbocycles. The summed E-state index contributed by atoms with van der Waals surface area (Å²) in [7, 11) is 2.35. The highest BCUT2D eigenvalue weighted by molar-refractivity contribution is 7.10. The normalized spacial score (nSPS) is 12.9. The van der Waals surface area contributed by atoms with Gasteiger partial charge >= 0.3 is 24.3 Å². The van der Waals surface area contributed by atoms with Crippen LogP contribution >= 0.6 is 11.3 Å². The third-order valence-electron chi connectivity index (χ3n) is 7.93. The molecule has 1 heterocycles. The molecule has 18 heteroatoms. The summed E-state index contributed by atoms with van der Waals surface area (Å²) in [5.41, 5.74) is -6.50. The molecule has 2 N–H and O–H groups in total. The van der Waals surface area contributed by atoms with Crippen LogP contribution in [0.2, 0.25) is 0 Å².